The topological polar surface area (TPSA) is 105 Å². The third-order valence-corrected chi connectivity index (χ3v) is 7.24. The highest BCUT2D eigenvalue weighted by Crippen LogP contribution is 2.44. The molecule has 186 valence electrons. The number of hydrogen-bond donors (Lipinski definition) is 3. The fraction of sp³-hybridized carbons (Fsp3) is 0.464. The first-order chi connectivity index (χ1) is 16.8. The normalized spacial score (nSPS) is 19.6. The van der Waals surface area contributed by atoms with E-state index in [0.717, 1.165) is 41.5 Å². The van der Waals surface area contributed by atoms with Crippen LogP contribution in [-0.4, -0.2) is 42.3 Å². The number of carbonyl (C=O) groups is 3. The van der Waals surface area contributed by atoms with Gasteiger partial charge in [-0.3, -0.25) is 9.59 Å². The maximum Gasteiger partial charge on any atom is 0.407 e. The van der Waals surface area contributed by atoms with E-state index < -0.39 is 18.1 Å². The number of carbonyl (C=O) groups excluding carboxylic acids is 2. The van der Waals surface area contributed by atoms with Gasteiger partial charge in [0.05, 0.1) is 0 Å². The molecule has 2 unspecified atom stereocenters. The Kier molecular flexibility index (Phi) is 7.73. The van der Waals surface area contributed by atoms with Crippen molar-refractivity contribution in [2.45, 2.75) is 51.5 Å². The molecule has 2 aromatic rings. The van der Waals surface area contributed by atoms with Gasteiger partial charge < -0.3 is 20.5 Å². The van der Waals surface area contributed by atoms with E-state index in [-0.39, 0.29) is 42.6 Å². The number of rotatable bonds is 9. The molecule has 2 amide bonds. The summed E-state index contributed by atoms with van der Waals surface area (Å²) in [5.74, 6) is -0.721. The fourth-order valence-corrected chi connectivity index (χ4v) is 5.45. The van der Waals surface area contributed by atoms with Crippen LogP contribution in [-0.2, 0) is 14.3 Å². The van der Waals surface area contributed by atoms with Gasteiger partial charge in [0.1, 0.15) is 12.6 Å². The molecule has 0 radical (unpaired) electrons. The van der Waals surface area contributed by atoms with Crippen LogP contribution in [0.15, 0.2) is 48.5 Å². The fourth-order valence-electron chi connectivity index (χ4n) is 5.45. The van der Waals surface area contributed by atoms with E-state index in [1.807, 2.05) is 38.1 Å². The quantitative estimate of drug-likeness (QED) is 0.490. The van der Waals surface area contributed by atoms with Crippen LogP contribution in [0.3, 0.4) is 0 Å². The van der Waals surface area contributed by atoms with Gasteiger partial charge in [-0.25, -0.2) is 4.79 Å². The van der Waals surface area contributed by atoms with Crippen LogP contribution in [0.5, 0.6) is 0 Å². The number of carboxylic acid groups (broad SMARTS) is 1. The Morgan fingerprint density at radius 3 is 2.17 bits per heavy atom. The summed E-state index contributed by atoms with van der Waals surface area (Å²) < 4.78 is 5.61. The van der Waals surface area contributed by atoms with Crippen LogP contribution in [0.1, 0.15) is 56.6 Å². The van der Waals surface area contributed by atoms with Crippen LogP contribution in [0.25, 0.3) is 11.1 Å². The van der Waals surface area contributed by atoms with Crippen LogP contribution in [0.4, 0.5) is 4.79 Å². The molecule has 0 spiro atoms. The molecule has 0 aliphatic heterocycles. The number of benzene rings is 2. The molecule has 0 aromatic heterocycles. The van der Waals surface area contributed by atoms with Crippen molar-refractivity contribution >= 4 is 18.0 Å². The lowest BCUT2D eigenvalue weighted by atomic mass is 9.98. The summed E-state index contributed by atoms with van der Waals surface area (Å²) in [6.07, 6.45) is 2.16. The zero-order valence-electron chi connectivity index (χ0n) is 20.3. The summed E-state index contributed by atoms with van der Waals surface area (Å²) in [7, 11) is 0. The van der Waals surface area contributed by atoms with E-state index in [2.05, 4.69) is 34.9 Å². The minimum Gasteiger partial charge on any atom is -0.481 e. The van der Waals surface area contributed by atoms with Gasteiger partial charge in [0.2, 0.25) is 5.91 Å². The van der Waals surface area contributed by atoms with E-state index in [0.29, 0.717) is 6.54 Å². The number of ether oxygens (including phenoxy) is 1. The van der Waals surface area contributed by atoms with Crippen molar-refractivity contribution in [2.75, 3.05) is 13.2 Å². The lowest BCUT2D eigenvalue weighted by molar-refractivity contribution is -0.138. The first-order valence-corrected chi connectivity index (χ1v) is 12.4. The highest BCUT2D eigenvalue weighted by molar-refractivity contribution is 5.86. The molecule has 2 aliphatic carbocycles. The third-order valence-electron chi connectivity index (χ3n) is 7.24. The average molecular weight is 479 g/mol. The zero-order chi connectivity index (χ0) is 24.9. The number of fused-ring (bicyclic) bond motifs is 3. The van der Waals surface area contributed by atoms with E-state index in [9.17, 15) is 14.4 Å². The summed E-state index contributed by atoms with van der Waals surface area (Å²) >= 11 is 0. The molecule has 0 bridgehead atoms. The van der Waals surface area contributed by atoms with Crippen molar-refractivity contribution in [3.63, 3.8) is 0 Å². The minimum atomic E-state index is -0.771. The Balaban J connectivity index is 1.30. The Labute approximate surface area is 206 Å². The largest absolute Gasteiger partial charge is 0.481 e. The highest BCUT2D eigenvalue weighted by atomic mass is 16.5. The maximum atomic E-state index is 12.8. The summed E-state index contributed by atoms with van der Waals surface area (Å²) in [6, 6.07) is 15.6. The van der Waals surface area contributed by atoms with Gasteiger partial charge in [-0.05, 0) is 59.3 Å². The Morgan fingerprint density at radius 1 is 0.971 bits per heavy atom. The van der Waals surface area contributed by atoms with Gasteiger partial charge in [-0.1, -0.05) is 62.4 Å². The second-order valence-corrected chi connectivity index (χ2v) is 10.1. The Bertz CT molecular complexity index is 1040. The maximum absolute atomic E-state index is 12.8. The van der Waals surface area contributed by atoms with Crippen molar-refractivity contribution in [1.82, 2.24) is 10.6 Å². The van der Waals surface area contributed by atoms with Crippen molar-refractivity contribution in [3.05, 3.63) is 59.7 Å². The first-order valence-electron chi connectivity index (χ1n) is 12.4. The van der Waals surface area contributed by atoms with E-state index >= 15 is 0 Å². The molecule has 3 atom stereocenters. The van der Waals surface area contributed by atoms with Gasteiger partial charge in [-0.2, -0.15) is 0 Å². The second kappa shape index (κ2) is 10.9. The second-order valence-electron chi connectivity index (χ2n) is 10.1. The number of hydrogen-bond acceptors (Lipinski definition) is 4. The third kappa shape index (κ3) is 5.84. The summed E-state index contributed by atoms with van der Waals surface area (Å²) in [5.41, 5.74) is 4.60. The minimum absolute atomic E-state index is 0.0411. The van der Waals surface area contributed by atoms with Gasteiger partial charge in [0, 0.05) is 18.9 Å². The van der Waals surface area contributed by atoms with Crippen LogP contribution in [0.2, 0.25) is 0 Å². The average Bonchev–Trinajstić information content (AvgIpc) is 3.41. The predicted molar refractivity (Wildman–Crippen MR) is 133 cm³/mol. The molecule has 1 saturated carbocycles. The lowest BCUT2D eigenvalue weighted by Gasteiger charge is -2.23. The number of carboxylic acids is 1. The molecule has 1 fully saturated rings. The molecular formula is C28H34N2O5. The number of nitrogens with one attached hydrogen (secondary N) is 2. The molecule has 4 rings (SSSR count). The lowest BCUT2D eigenvalue weighted by Crippen LogP contribution is -2.50. The van der Waals surface area contributed by atoms with Crippen molar-refractivity contribution in [1.29, 1.82) is 0 Å². The number of amides is 2. The standard InChI is InChI=1S/C28H34N2O5/c1-17(2)26(27(33)29-15-19-12-11-18(13-19)14-25(31)32)30-28(34)35-16-24-22-9-5-3-7-20(22)21-8-4-6-10-23(21)24/h3-10,17-19,24,26H,11-16H2,1-2H3,(H,29,33)(H,30,34)(H,31,32)/t18?,19?,26-/m0/s1. The first kappa shape index (κ1) is 24.8. The van der Waals surface area contributed by atoms with Crippen molar-refractivity contribution < 1.29 is 24.2 Å². The molecule has 7 heteroatoms. The Hall–Kier alpha value is -3.35. The molecule has 0 heterocycles. The van der Waals surface area contributed by atoms with Gasteiger partial charge in [0.15, 0.2) is 0 Å². The zero-order valence-corrected chi connectivity index (χ0v) is 20.3. The number of aliphatic carboxylic acids is 1. The molecule has 35 heavy (non-hydrogen) atoms. The summed E-state index contributed by atoms with van der Waals surface area (Å²) in [5, 5.41) is 14.7. The van der Waals surface area contributed by atoms with Crippen LogP contribution >= 0.6 is 0 Å². The van der Waals surface area contributed by atoms with Crippen molar-refractivity contribution in [3.8, 4) is 11.1 Å². The van der Waals surface area contributed by atoms with E-state index in [1.165, 1.54) is 0 Å². The molecule has 0 saturated heterocycles. The van der Waals surface area contributed by atoms with Crippen LogP contribution < -0.4 is 10.6 Å². The molecule has 2 aliphatic rings. The molecule has 2 aromatic carbocycles. The SMILES string of the molecule is CC(C)[C@H](NC(=O)OCC1c2ccccc2-c2ccccc21)C(=O)NCC1CCC(CC(=O)O)C1. The predicted octanol–water partition coefficient (Wildman–Crippen LogP) is 4.56. The van der Waals surface area contributed by atoms with E-state index in [1.54, 1.807) is 0 Å². The smallest absolute Gasteiger partial charge is 0.407 e. The summed E-state index contributed by atoms with van der Waals surface area (Å²) in [4.78, 5) is 36.5. The van der Waals surface area contributed by atoms with E-state index in [4.69, 9.17) is 9.84 Å². The van der Waals surface area contributed by atoms with Crippen molar-refractivity contribution in [2.24, 2.45) is 17.8 Å². The van der Waals surface area contributed by atoms with Gasteiger partial charge in [-0.15, -0.1) is 0 Å². The van der Waals surface area contributed by atoms with Crippen LogP contribution in [0, 0.1) is 17.8 Å². The Morgan fingerprint density at radius 2 is 1.57 bits per heavy atom. The summed E-state index contributed by atoms with van der Waals surface area (Å²) in [6.45, 7) is 4.45. The molecule has 3 N–H and O–H groups in total. The monoisotopic (exact) mass is 478 g/mol. The molecular weight excluding hydrogens is 444 g/mol. The van der Waals surface area contributed by atoms with Gasteiger partial charge >= 0.3 is 12.1 Å². The number of alkyl carbamates (subject to hydrolysis) is 1. The molecule has 7 nitrogen and oxygen atoms in total. The van der Waals surface area contributed by atoms with Gasteiger partial charge in [0.25, 0.3) is 0 Å². The highest BCUT2D eigenvalue weighted by Gasteiger charge is 2.31.